The topological polar surface area (TPSA) is 80.4 Å². The fourth-order valence-corrected chi connectivity index (χ4v) is 5.56. The lowest BCUT2D eigenvalue weighted by Gasteiger charge is -2.44. The molecule has 1 saturated carbocycles. The minimum atomic E-state index is -1.02. The van der Waals surface area contributed by atoms with E-state index in [0.29, 0.717) is 30.2 Å². The lowest BCUT2D eigenvalue weighted by molar-refractivity contribution is -0.134. The maximum atomic E-state index is 13.9. The molecule has 190 valence electrons. The van der Waals surface area contributed by atoms with Crippen LogP contribution in [0.4, 0.5) is 0 Å². The molecule has 5 rings (SSSR count). The van der Waals surface area contributed by atoms with Crippen LogP contribution in [-0.2, 0) is 17.8 Å². The molecule has 2 aliphatic rings. The molecule has 0 radical (unpaired) electrons. The Morgan fingerprint density at radius 3 is 2.56 bits per heavy atom. The van der Waals surface area contributed by atoms with E-state index >= 15 is 0 Å². The first-order chi connectivity index (χ1) is 17.5. The van der Waals surface area contributed by atoms with Crippen molar-refractivity contribution >= 4 is 11.8 Å². The van der Waals surface area contributed by atoms with Gasteiger partial charge in [0.1, 0.15) is 16.9 Å². The van der Waals surface area contributed by atoms with E-state index < -0.39 is 5.54 Å². The molecular formula is C29H36N4O3. The van der Waals surface area contributed by atoms with E-state index in [0.717, 1.165) is 38.5 Å². The van der Waals surface area contributed by atoms with Gasteiger partial charge in [-0.3, -0.25) is 14.3 Å². The van der Waals surface area contributed by atoms with Crippen LogP contribution >= 0.6 is 0 Å². The minimum absolute atomic E-state index is 0.0816. The number of aryl methyl sites for hydroxylation is 1. The molecule has 1 aliphatic carbocycles. The zero-order chi connectivity index (χ0) is 25.0. The van der Waals surface area contributed by atoms with Gasteiger partial charge in [-0.1, -0.05) is 62.4 Å². The first kappa shape index (κ1) is 24.3. The molecule has 2 amide bonds. The first-order valence-electron chi connectivity index (χ1n) is 13.3. The SMILES string of the molecule is CC1(C(=O)NC2CCCCCCC2)Cn2nc(-c3ccco3)cc2C(=O)N1CCCc1ccccc1. The number of furan rings is 1. The van der Waals surface area contributed by atoms with Gasteiger partial charge < -0.3 is 14.6 Å². The number of rotatable bonds is 7. The zero-order valence-corrected chi connectivity index (χ0v) is 21.1. The van der Waals surface area contributed by atoms with E-state index in [-0.39, 0.29) is 17.9 Å². The molecular weight excluding hydrogens is 452 g/mol. The minimum Gasteiger partial charge on any atom is -0.463 e. The van der Waals surface area contributed by atoms with Crippen molar-refractivity contribution in [3.8, 4) is 11.5 Å². The largest absolute Gasteiger partial charge is 0.463 e. The van der Waals surface area contributed by atoms with Gasteiger partial charge in [-0.25, -0.2) is 0 Å². The Morgan fingerprint density at radius 2 is 1.83 bits per heavy atom. The lowest BCUT2D eigenvalue weighted by Crippen LogP contribution is -2.65. The molecule has 1 N–H and O–H groups in total. The van der Waals surface area contributed by atoms with E-state index in [1.165, 1.54) is 24.8 Å². The Balaban J connectivity index is 1.39. The van der Waals surface area contributed by atoms with Crippen molar-refractivity contribution in [3.05, 3.63) is 66.1 Å². The van der Waals surface area contributed by atoms with Crippen molar-refractivity contribution < 1.29 is 14.0 Å². The van der Waals surface area contributed by atoms with Gasteiger partial charge in [-0.2, -0.15) is 5.10 Å². The summed E-state index contributed by atoms with van der Waals surface area (Å²) >= 11 is 0. The monoisotopic (exact) mass is 488 g/mol. The highest BCUT2D eigenvalue weighted by Gasteiger charge is 2.48. The first-order valence-corrected chi connectivity index (χ1v) is 13.3. The molecule has 3 heterocycles. The van der Waals surface area contributed by atoms with Gasteiger partial charge in [0.15, 0.2) is 5.76 Å². The maximum absolute atomic E-state index is 13.9. The van der Waals surface area contributed by atoms with Crippen LogP contribution in [0.25, 0.3) is 11.5 Å². The summed E-state index contributed by atoms with van der Waals surface area (Å²) < 4.78 is 7.20. The van der Waals surface area contributed by atoms with Crippen LogP contribution < -0.4 is 5.32 Å². The number of nitrogens with one attached hydrogen (secondary N) is 1. The van der Waals surface area contributed by atoms with E-state index in [4.69, 9.17) is 4.42 Å². The van der Waals surface area contributed by atoms with Crippen molar-refractivity contribution in [2.45, 2.75) is 82.8 Å². The number of amides is 2. The van der Waals surface area contributed by atoms with E-state index in [1.54, 1.807) is 28.0 Å². The third-order valence-corrected chi connectivity index (χ3v) is 7.69. The van der Waals surface area contributed by atoms with Crippen molar-refractivity contribution in [2.75, 3.05) is 6.54 Å². The lowest BCUT2D eigenvalue weighted by atomic mass is 9.92. The van der Waals surface area contributed by atoms with Crippen LogP contribution in [0.15, 0.2) is 59.2 Å². The van der Waals surface area contributed by atoms with Crippen molar-refractivity contribution in [3.63, 3.8) is 0 Å². The molecule has 3 aromatic rings. The highest BCUT2D eigenvalue weighted by atomic mass is 16.3. The molecule has 2 aromatic heterocycles. The molecule has 1 fully saturated rings. The van der Waals surface area contributed by atoms with Crippen LogP contribution in [0.2, 0.25) is 0 Å². The second-order valence-electron chi connectivity index (χ2n) is 10.4. The Kier molecular flexibility index (Phi) is 7.25. The number of fused-ring (bicyclic) bond motifs is 1. The molecule has 0 saturated heterocycles. The highest BCUT2D eigenvalue weighted by Crippen LogP contribution is 2.31. The number of aromatic nitrogens is 2. The number of carbonyl (C=O) groups excluding carboxylic acids is 2. The molecule has 1 atom stereocenters. The fourth-order valence-electron chi connectivity index (χ4n) is 5.56. The predicted molar refractivity (Wildman–Crippen MR) is 138 cm³/mol. The van der Waals surface area contributed by atoms with Gasteiger partial charge in [0.05, 0.1) is 12.8 Å². The molecule has 0 spiro atoms. The highest BCUT2D eigenvalue weighted by molar-refractivity contribution is 6.00. The number of hydrogen-bond donors (Lipinski definition) is 1. The zero-order valence-electron chi connectivity index (χ0n) is 21.1. The molecule has 1 aliphatic heterocycles. The Hall–Kier alpha value is -3.35. The van der Waals surface area contributed by atoms with E-state index in [2.05, 4.69) is 22.5 Å². The van der Waals surface area contributed by atoms with Crippen LogP contribution in [0.1, 0.15) is 74.3 Å². The second kappa shape index (κ2) is 10.7. The second-order valence-corrected chi connectivity index (χ2v) is 10.4. The normalized spacial score (nSPS) is 21.0. The van der Waals surface area contributed by atoms with Gasteiger partial charge in [-0.05, 0) is 50.3 Å². The molecule has 7 heteroatoms. The average Bonchev–Trinajstić information content (AvgIpc) is 3.53. The third-order valence-electron chi connectivity index (χ3n) is 7.69. The quantitative estimate of drug-likeness (QED) is 0.494. The third kappa shape index (κ3) is 5.11. The fraction of sp³-hybridized carbons (Fsp3) is 0.483. The number of hydrogen-bond acceptors (Lipinski definition) is 4. The summed E-state index contributed by atoms with van der Waals surface area (Å²) in [7, 11) is 0. The number of benzene rings is 1. The van der Waals surface area contributed by atoms with Crippen LogP contribution in [0, 0.1) is 0 Å². The van der Waals surface area contributed by atoms with Crippen LogP contribution in [-0.4, -0.2) is 44.6 Å². The van der Waals surface area contributed by atoms with Gasteiger partial charge in [0, 0.05) is 18.7 Å². The summed E-state index contributed by atoms with van der Waals surface area (Å²) in [5.74, 6) is 0.373. The summed E-state index contributed by atoms with van der Waals surface area (Å²) in [6, 6.07) is 15.8. The van der Waals surface area contributed by atoms with Crippen LogP contribution in [0.3, 0.4) is 0 Å². The molecule has 36 heavy (non-hydrogen) atoms. The van der Waals surface area contributed by atoms with Crippen LogP contribution in [0.5, 0.6) is 0 Å². The summed E-state index contributed by atoms with van der Waals surface area (Å²) in [4.78, 5) is 29.4. The smallest absolute Gasteiger partial charge is 0.273 e. The molecule has 7 nitrogen and oxygen atoms in total. The summed E-state index contributed by atoms with van der Waals surface area (Å²) in [6.07, 6.45) is 11.2. The average molecular weight is 489 g/mol. The predicted octanol–water partition coefficient (Wildman–Crippen LogP) is 5.22. The van der Waals surface area contributed by atoms with Crippen molar-refractivity contribution in [2.24, 2.45) is 0 Å². The van der Waals surface area contributed by atoms with Crippen molar-refractivity contribution in [1.29, 1.82) is 0 Å². The number of carbonyl (C=O) groups is 2. The van der Waals surface area contributed by atoms with Crippen molar-refractivity contribution in [1.82, 2.24) is 20.0 Å². The summed E-state index contributed by atoms with van der Waals surface area (Å²) in [5.41, 5.74) is 1.32. The Morgan fingerprint density at radius 1 is 1.08 bits per heavy atom. The van der Waals surface area contributed by atoms with Gasteiger partial charge >= 0.3 is 0 Å². The standard InChI is InChI=1S/C29H36N4O3/c1-29(28(35)30-23-15-8-3-2-4-9-16-23)21-33-25(20-24(31-33)26-17-11-19-36-26)27(34)32(29)18-10-14-22-12-6-5-7-13-22/h5-7,11-13,17,19-20,23H,2-4,8-10,14-16,18,21H2,1H3,(H,30,35). The van der Waals surface area contributed by atoms with E-state index in [1.807, 2.05) is 31.2 Å². The molecule has 0 bridgehead atoms. The Bertz CT molecular complexity index is 1160. The van der Waals surface area contributed by atoms with E-state index in [9.17, 15) is 9.59 Å². The molecule has 1 aromatic carbocycles. The van der Waals surface area contributed by atoms with Gasteiger partial charge in [-0.15, -0.1) is 0 Å². The Labute approximate surface area is 212 Å². The maximum Gasteiger partial charge on any atom is 0.273 e. The number of nitrogens with zero attached hydrogens (tertiary/aromatic N) is 3. The molecule has 1 unspecified atom stereocenters. The van der Waals surface area contributed by atoms with Gasteiger partial charge in [0.2, 0.25) is 5.91 Å². The summed E-state index contributed by atoms with van der Waals surface area (Å²) in [6.45, 7) is 2.71. The van der Waals surface area contributed by atoms with Gasteiger partial charge in [0.25, 0.3) is 5.91 Å². The summed E-state index contributed by atoms with van der Waals surface area (Å²) in [5, 5.41) is 7.98.